The maximum atomic E-state index is 12.6. The second-order valence-electron chi connectivity index (χ2n) is 2.87. The second kappa shape index (κ2) is 4.39. The molecule has 1 rings (SSSR count). The lowest BCUT2D eigenvalue weighted by Gasteiger charge is -2.10. The number of halogens is 2. The zero-order chi connectivity index (χ0) is 10.7. The monoisotopic (exact) mass is 217 g/mol. The van der Waals surface area contributed by atoms with Crippen molar-refractivity contribution in [1.82, 2.24) is 0 Å². The van der Waals surface area contributed by atoms with Gasteiger partial charge in [0, 0.05) is 11.1 Å². The van der Waals surface area contributed by atoms with Gasteiger partial charge in [0.1, 0.15) is 5.82 Å². The van der Waals surface area contributed by atoms with Gasteiger partial charge in [0.2, 0.25) is 0 Å². The third-order valence-electron chi connectivity index (χ3n) is 1.76. The quantitative estimate of drug-likeness (QED) is 0.814. The standard InChI is InChI=1S/C9H9ClFNO2/c10-7-3-5(11)1-2-6(7)8(12)4-9(13)14/h1-3,8H,4,12H2,(H,13,14)/t8-/m0/s1. The van der Waals surface area contributed by atoms with E-state index in [1.54, 1.807) is 0 Å². The molecular weight excluding hydrogens is 209 g/mol. The van der Waals surface area contributed by atoms with Crippen LogP contribution in [0.5, 0.6) is 0 Å². The molecule has 0 amide bonds. The van der Waals surface area contributed by atoms with E-state index in [1.807, 2.05) is 0 Å². The van der Waals surface area contributed by atoms with Gasteiger partial charge in [-0.2, -0.15) is 0 Å². The molecule has 5 heteroatoms. The number of carboxylic acid groups (broad SMARTS) is 1. The molecule has 14 heavy (non-hydrogen) atoms. The second-order valence-corrected chi connectivity index (χ2v) is 3.28. The van der Waals surface area contributed by atoms with Crippen molar-refractivity contribution in [3.8, 4) is 0 Å². The lowest BCUT2D eigenvalue weighted by atomic mass is 10.0. The Bertz CT molecular complexity index is 357. The average Bonchev–Trinajstić information content (AvgIpc) is 2.01. The van der Waals surface area contributed by atoms with E-state index in [2.05, 4.69) is 0 Å². The number of nitrogens with two attached hydrogens (primary N) is 1. The molecule has 0 saturated heterocycles. The van der Waals surface area contributed by atoms with Gasteiger partial charge in [-0.1, -0.05) is 17.7 Å². The minimum Gasteiger partial charge on any atom is -0.481 e. The molecule has 0 fully saturated rings. The molecular formula is C9H9ClFNO2. The van der Waals surface area contributed by atoms with Crippen molar-refractivity contribution in [1.29, 1.82) is 0 Å². The molecule has 3 N–H and O–H groups in total. The van der Waals surface area contributed by atoms with Crippen LogP contribution in [-0.2, 0) is 4.79 Å². The summed E-state index contributed by atoms with van der Waals surface area (Å²) in [4.78, 5) is 10.4. The Kier molecular flexibility index (Phi) is 3.43. The molecule has 3 nitrogen and oxygen atoms in total. The summed E-state index contributed by atoms with van der Waals surface area (Å²) >= 11 is 5.69. The predicted molar refractivity (Wildman–Crippen MR) is 50.6 cm³/mol. The third kappa shape index (κ3) is 2.68. The number of benzene rings is 1. The van der Waals surface area contributed by atoms with Crippen LogP contribution in [0.3, 0.4) is 0 Å². The summed E-state index contributed by atoms with van der Waals surface area (Å²) in [5.74, 6) is -1.49. The fourth-order valence-electron chi connectivity index (χ4n) is 1.10. The van der Waals surface area contributed by atoms with Gasteiger partial charge in [-0.3, -0.25) is 4.79 Å². The number of hydrogen-bond donors (Lipinski definition) is 2. The molecule has 0 aliphatic rings. The Hall–Kier alpha value is -1.13. The van der Waals surface area contributed by atoms with Crippen LogP contribution in [0.15, 0.2) is 18.2 Å². The zero-order valence-corrected chi connectivity index (χ0v) is 7.96. The first-order valence-electron chi connectivity index (χ1n) is 3.93. The Labute approximate surface area is 85.3 Å². The first kappa shape index (κ1) is 10.9. The molecule has 0 aromatic heterocycles. The van der Waals surface area contributed by atoms with Gasteiger partial charge in [-0.25, -0.2) is 4.39 Å². The third-order valence-corrected chi connectivity index (χ3v) is 2.08. The smallest absolute Gasteiger partial charge is 0.305 e. The molecule has 0 spiro atoms. The first-order valence-corrected chi connectivity index (χ1v) is 4.31. The van der Waals surface area contributed by atoms with Crippen LogP contribution in [0, 0.1) is 5.82 Å². The maximum Gasteiger partial charge on any atom is 0.305 e. The minimum atomic E-state index is -1.02. The van der Waals surface area contributed by atoms with E-state index >= 15 is 0 Å². The van der Waals surface area contributed by atoms with Crippen LogP contribution in [0.4, 0.5) is 4.39 Å². The van der Waals surface area contributed by atoms with Crippen LogP contribution < -0.4 is 5.73 Å². The highest BCUT2D eigenvalue weighted by molar-refractivity contribution is 6.31. The Balaban J connectivity index is 2.90. The maximum absolute atomic E-state index is 12.6. The van der Waals surface area contributed by atoms with Crippen LogP contribution >= 0.6 is 11.6 Å². The largest absolute Gasteiger partial charge is 0.481 e. The normalized spacial score (nSPS) is 12.5. The summed E-state index contributed by atoms with van der Waals surface area (Å²) in [6.45, 7) is 0. The van der Waals surface area contributed by atoms with E-state index < -0.39 is 17.8 Å². The topological polar surface area (TPSA) is 63.3 Å². The zero-order valence-electron chi connectivity index (χ0n) is 7.21. The number of carboxylic acids is 1. The highest BCUT2D eigenvalue weighted by atomic mass is 35.5. The van der Waals surface area contributed by atoms with Gasteiger partial charge in [-0.05, 0) is 17.7 Å². The fourth-order valence-corrected chi connectivity index (χ4v) is 1.41. The predicted octanol–water partition coefficient (Wildman–Crippen LogP) is 1.95. The molecule has 1 atom stereocenters. The molecule has 1 aromatic rings. The Morgan fingerprint density at radius 2 is 2.29 bits per heavy atom. The lowest BCUT2D eigenvalue weighted by molar-refractivity contribution is -0.137. The molecule has 0 heterocycles. The van der Waals surface area contributed by atoms with Crippen molar-refractivity contribution >= 4 is 17.6 Å². The minimum absolute atomic E-state index is 0.152. The highest BCUT2D eigenvalue weighted by Gasteiger charge is 2.13. The number of hydrogen-bond acceptors (Lipinski definition) is 2. The average molecular weight is 218 g/mol. The van der Waals surface area contributed by atoms with Crippen molar-refractivity contribution in [2.24, 2.45) is 5.73 Å². The molecule has 0 bridgehead atoms. The van der Waals surface area contributed by atoms with E-state index in [9.17, 15) is 9.18 Å². The lowest BCUT2D eigenvalue weighted by Crippen LogP contribution is -2.15. The fraction of sp³-hybridized carbons (Fsp3) is 0.222. The Morgan fingerprint density at radius 1 is 1.64 bits per heavy atom. The van der Waals surface area contributed by atoms with Gasteiger partial charge in [0.15, 0.2) is 0 Å². The number of carbonyl (C=O) groups is 1. The molecule has 0 unspecified atom stereocenters. The van der Waals surface area contributed by atoms with Gasteiger partial charge in [-0.15, -0.1) is 0 Å². The van der Waals surface area contributed by atoms with Crippen molar-refractivity contribution in [3.63, 3.8) is 0 Å². The van der Waals surface area contributed by atoms with E-state index in [4.69, 9.17) is 22.4 Å². The van der Waals surface area contributed by atoms with Crippen LogP contribution in [0.25, 0.3) is 0 Å². The Morgan fingerprint density at radius 3 is 2.79 bits per heavy atom. The van der Waals surface area contributed by atoms with E-state index in [0.29, 0.717) is 5.56 Å². The number of aliphatic carboxylic acids is 1. The van der Waals surface area contributed by atoms with Crippen molar-refractivity contribution < 1.29 is 14.3 Å². The van der Waals surface area contributed by atoms with Gasteiger partial charge < -0.3 is 10.8 Å². The van der Waals surface area contributed by atoms with Crippen LogP contribution in [0.2, 0.25) is 5.02 Å². The number of rotatable bonds is 3. The molecule has 0 saturated carbocycles. The first-order chi connectivity index (χ1) is 6.50. The summed E-state index contributed by atoms with van der Waals surface area (Å²) in [6.07, 6.45) is -0.231. The summed E-state index contributed by atoms with van der Waals surface area (Å²) in [7, 11) is 0. The van der Waals surface area contributed by atoms with E-state index in [-0.39, 0.29) is 11.4 Å². The summed E-state index contributed by atoms with van der Waals surface area (Å²) < 4.78 is 12.6. The molecule has 1 aromatic carbocycles. The molecule has 0 aliphatic heterocycles. The van der Waals surface area contributed by atoms with Crippen molar-refractivity contribution in [2.45, 2.75) is 12.5 Å². The van der Waals surface area contributed by atoms with Crippen LogP contribution in [0.1, 0.15) is 18.0 Å². The van der Waals surface area contributed by atoms with Gasteiger partial charge in [0.25, 0.3) is 0 Å². The summed E-state index contributed by atoms with van der Waals surface area (Å²) in [5, 5.41) is 8.65. The molecule has 0 radical (unpaired) electrons. The van der Waals surface area contributed by atoms with Crippen LogP contribution in [-0.4, -0.2) is 11.1 Å². The van der Waals surface area contributed by atoms with Gasteiger partial charge >= 0.3 is 5.97 Å². The molecule has 0 aliphatic carbocycles. The summed E-state index contributed by atoms with van der Waals surface area (Å²) in [5.41, 5.74) is 6.00. The van der Waals surface area contributed by atoms with Crippen molar-refractivity contribution in [2.75, 3.05) is 0 Å². The molecule has 76 valence electrons. The van der Waals surface area contributed by atoms with Gasteiger partial charge in [0.05, 0.1) is 6.42 Å². The SMILES string of the molecule is N[C@@H](CC(=O)O)c1ccc(F)cc1Cl. The highest BCUT2D eigenvalue weighted by Crippen LogP contribution is 2.24. The summed E-state index contributed by atoms with van der Waals surface area (Å²) in [6, 6.07) is 2.99. The van der Waals surface area contributed by atoms with E-state index in [0.717, 1.165) is 6.07 Å². The van der Waals surface area contributed by atoms with E-state index in [1.165, 1.54) is 12.1 Å². The van der Waals surface area contributed by atoms with Crippen molar-refractivity contribution in [3.05, 3.63) is 34.6 Å².